The van der Waals surface area contributed by atoms with Crippen molar-refractivity contribution in [1.29, 1.82) is 0 Å². The monoisotopic (exact) mass is 391 g/mol. The van der Waals surface area contributed by atoms with Gasteiger partial charge < -0.3 is 5.32 Å². The number of aromatic nitrogens is 2. The Hall–Kier alpha value is -2.62. The third kappa shape index (κ3) is 6.03. The normalized spacial score (nSPS) is 12.2. The molecular formula is C15H14ClF4N5O. The zero-order valence-corrected chi connectivity index (χ0v) is 14.2. The van der Waals surface area contributed by atoms with Crippen LogP contribution in [0.1, 0.15) is 22.5 Å². The molecule has 0 fully saturated rings. The molecule has 1 heterocycles. The van der Waals surface area contributed by atoms with Crippen molar-refractivity contribution in [3.63, 3.8) is 0 Å². The van der Waals surface area contributed by atoms with Crippen molar-refractivity contribution in [2.45, 2.75) is 19.5 Å². The van der Waals surface area contributed by atoms with Crippen LogP contribution in [0.3, 0.4) is 0 Å². The largest absolute Gasteiger partial charge is 0.390 e. The van der Waals surface area contributed by atoms with Crippen LogP contribution in [0, 0.1) is 12.7 Å². The van der Waals surface area contributed by atoms with E-state index in [4.69, 9.17) is 11.6 Å². The maximum atomic E-state index is 13.5. The molecule has 0 atom stereocenters. The van der Waals surface area contributed by atoms with Crippen LogP contribution in [0.2, 0.25) is 5.02 Å². The Labute approximate surface area is 150 Å². The number of carbonyl (C=O) groups is 1. The maximum Gasteiger partial charge on any atom is 0.390 e. The van der Waals surface area contributed by atoms with E-state index in [1.54, 1.807) is 13.0 Å². The van der Waals surface area contributed by atoms with E-state index in [1.165, 1.54) is 12.1 Å². The molecule has 0 aliphatic carbocycles. The van der Waals surface area contributed by atoms with Gasteiger partial charge in [0.15, 0.2) is 5.82 Å². The summed E-state index contributed by atoms with van der Waals surface area (Å²) in [5.74, 6) is -1.58. The molecule has 0 unspecified atom stereocenters. The number of carbonyl (C=O) groups excluding carboxylic acids is 1. The predicted octanol–water partition coefficient (Wildman–Crippen LogP) is 3.66. The average Bonchev–Trinajstić information content (AvgIpc) is 2.93. The van der Waals surface area contributed by atoms with E-state index in [9.17, 15) is 22.4 Å². The minimum Gasteiger partial charge on any atom is -0.309 e. The lowest BCUT2D eigenvalue weighted by atomic mass is 10.2. The standard InChI is InChI=1S/C15H14ClF4N5O/c1-8-6-12(25-24-8)22-14(21-5-4-15(18,19)20)23-13(26)9-2-3-10(16)11(17)7-9/h2-3,6-7H,4-5H2,1H3,(H3,21,22,23,24,25,26). The van der Waals surface area contributed by atoms with Crippen LogP contribution in [-0.4, -0.2) is 34.8 Å². The van der Waals surface area contributed by atoms with Crippen molar-refractivity contribution in [3.05, 3.63) is 46.4 Å². The fourth-order valence-corrected chi connectivity index (χ4v) is 1.94. The predicted molar refractivity (Wildman–Crippen MR) is 88.8 cm³/mol. The first-order valence-corrected chi connectivity index (χ1v) is 7.68. The molecule has 11 heteroatoms. The SMILES string of the molecule is Cc1cc(NC(=NCCC(F)(F)F)NC(=O)c2ccc(Cl)c(F)c2)n[nH]1. The van der Waals surface area contributed by atoms with Crippen LogP contribution >= 0.6 is 11.6 Å². The highest BCUT2D eigenvalue weighted by Gasteiger charge is 2.26. The summed E-state index contributed by atoms with van der Waals surface area (Å²) in [5.41, 5.74) is 0.615. The second-order valence-electron chi connectivity index (χ2n) is 5.24. The van der Waals surface area contributed by atoms with Gasteiger partial charge >= 0.3 is 6.18 Å². The lowest BCUT2D eigenvalue weighted by molar-refractivity contribution is -0.132. The lowest BCUT2D eigenvalue weighted by Crippen LogP contribution is -2.36. The van der Waals surface area contributed by atoms with Gasteiger partial charge in [-0.05, 0) is 25.1 Å². The fraction of sp³-hybridized carbons (Fsp3) is 0.267. The summed E-state index contributed by atoms with van der Waals surface area (Å²) >= 11 is 5.55. The number of aromatic amines is 1. The Bertz CT molecular complexity index is 819. The summed E-state index contributed by atoms with van der Waals surface area (Å²) < 4.78 is 50.4. The molecule has 140 valence electrons. The van der Waals surface area contributed by atoms with Crippen LogP contribution in [0.15, 0.2) is 29.3 Å². The van der Waals surface area contributed by atoms with Crippen LogP contribution in [0.4, 0.5) is 23.4 Å². The molecule has 6 nitrogen and oxygen atoms in total. The van der Waals surface area contributed by atoms with Gasteiger partial charge in [0, 0.05) is 17.3 Å². The number of anilines is 1. The summed E-state index contributed by atoms with van der Waals surface area (Å²) in [7, 11) is 0. The summed E-state index contributed by atoms with van der Waals surface area (Å²) in [6.45, 7) is 1.11. The number of rotatable bonds is 4. The summed E-state index contributed by atoms with van der Waals surface area (Å²) in [5, 5.41) is 11.2. The number of aryl methyl sites for hydroxylation is 1. The number of hydrogen-bond acceptors (Lipinski definition) is 3. The number of guanidine groups is 1. The Kier molecular flexibility index (Phi) is 6.19. The third-order valence-corrected chi connectivity index (χ3v) is 3.34. The highest BCUT2D eigenvalue weighted by atomic mass is 35.5. The van der Waals surface area contributed by atoms with Crippen molar-refractivity contribution >= 4 is 29.3 Å². The minimum atomic E-state index is -4.39. The van der Waals surface area contributed by atoms with E-state index in [1.807, 2.05) is 0 Å². The molecule has 3 N–H and O–H groups in total. The Morgan fingerprint density at radius 3 is 2.65 bits per heavy atom. The van der Waals surface area contributed by atoms with Crippen molar-refractivity contribution in [1.82, 2.24) is 15.5 Å². The zero-order valence-electron chi connectivity index (χ0n) is 13.4. The molecule has 0 radical (unpaired) electrons. The molecule has 0 aliphatic heterocycles. The highest BCUT2D eigenvalue weighted by Crippen LogP contribution is 2.19. The number of nitrogens with one attached hydrogen (secondary N) is 3. The molecule has 0 bridgehead atoms. The number of H-pyrrole nitrogens is 1. The topological polar surface area (TPSA) is 82.2 Å². The van der Waals surface area contributed by atoms with Gasteiger partial charge in [-0.1, -0.05) is 11.6 Å². The third-order valence-electron chi connectivity index (χ3n) is 3.03. The van der Waals surface area contributed by atoms with E-state index in [0.29, 0.717) is 5.69 Å². The summed E-state index contributed by atoms with van der Waals surface area (Å²) in [6.07, 6.45) is -5.55. The van der Waals surface area contributed by atoms with Crippen LogP contribution < -0.4 is 10.6 Å². The average molecular weight is 392 g/mol. The molecule has 0 aliphatic rings. The van der Waals surface area contributed by atoms with Gasteiger partial charge in [-0.3, -0.25) is 20.2 Å². The molecule has 1 aromatic heterocycles. The molecule has 2 rings (SSSR count). The molecule has 1 amide bonds. The Morgan fingerprint density at radius 2 is 2.08 bits per heavy atom. The smallest absolute Gasteiger partial charge is 0.309 e. The number of benzene rings is 1. The van der Waals surface area contributed by atoms with E-state index >= 15 is 0 Å². The number of alkyl halides is 3. The summed E-state index contributed by atoms with van der Waals surface area (Å²) in [6, 6.07) is 4.93. The number of hydrogen-bond donors (Lipinski definition) is 3. The van der Waals surface area contributed by atoms with Gasteiger partial charge in [-0.15, -0.1) is 0 Å². The number of halogens is 5. The number of amides is 1. The maximum absolute atomic E-state index is 13.5. The Morgan fingerprint density at radius 1 is 1.35 bits per heavy atom. The lowest BCUT2D eigenvalue weighted by Gasteiger charge is -2.11. The molecule has 26 heavy (non-hydrogen) atoms. The number of aliphatic imine (C=N–C) groups is 1. The van der Waals surface area contributed by atoms with Gasteiger partial charge in [0.1, 0.15) is 5.82 Å². The molecule has 2 aromatic rings. The second kappa shape index (κ2) is 8.17. The Balaban J connectivity index is 2.14. The van der Waals surface area contributed by atoms with Crippen molar-refractivity contribution in [3.8, 4) is 0 Å². The first-order chi connectivity index (χ1) is 12.1. The van der Waals surface area contributed by atoms with E-state index in [-0.39, 0.29) is 22.4 Å². The fourth-order valence-electron chi connectivity index (χ4n) is 1.83. The van der Waals surface area contributed by atoms with Gasteiger partial charge in [0.2, 0.25) is 5.96 Å². The van der Waals surface area contributed by atoms with Gasteiger partial charge in [-0.2, -0.15) is 18.3 Å². The number of nitrogens with zero attached hydrogens (tertiary/aromatic N) is 2. The van der Waals surface area contributed by atoms with Gasteiger partial charge in [0.05, 0.1) is 18.0 Å². The molecule has 0 spiro atoms. The van der Waals surface area contributed by atoms with Crippen molar-refractivity contribution < 1.29 is 22.4 Å². The summed E-state index contributed by atoms with van der Waals surface area (Å²) in [4.78, 5) is 15.9. The van der Waals surface area contributed by atoms with Crippen LogP contribution in [0.5, 0.6) is 0 Å². The van der Waals surface area contributed by atoms with Crippen LogP contribution in [0.25, 0.3) is 0 Å². The zero-order chi connectivity index (χ0) is 19.3. The quantitative estimate of drug-likeness (QED) is 0.422. The highest BCUT2D eigenvalue weighted by molar-refractivity contribution is 6.30. The van der Waals surface area contributed by atoms with Crippen molar-refractivity contribution in [2.75, 3.05) is 11.9 Å². The second-order valence-corrected chi connectivity index (χ2v) is 5.65. The van der Waals surface area contributed by atoms with E-state index < -0.39 is 30.9 Å². The van der Waals surface area contributed by atoms with Crippen molar-refractivity contribution in [2.24, 2.45) is 4.99 Å². The molecule has 0 saturated carbocycles. The van der Waals surface area contributed by atoms with E-state index in [0.717, 1.165) is 6.07 Å². The first-order valence-electron chi connectivity index (χ1n) is 7.31. The van der Waals surface area contributed by atoms with Crippen LogP contribution in [-0.2, 0) is 0 Å². The molecule has 1 aromatic carbocycles. The van der Waals surface area contributed by atoms with Gasteiger partial charge in [-0.25, -0.2) is 4.39 Å². The molecule has 0 saturated heterocycles. The minimum absolute atomic E-state index is 0.0737. The first kappa shape index (κ1) is 19.7. The van der Waals surface area contributed by atoms with E-state index in [2.05, 4.69) is 25.8 Å². The molecular weight excluding hydrogens is 378 g/mol. The van der Waals surface area contributed by atoms with Gasteiger partial charge in [0.25, 0.3) is 5.91 Å².